The molecule has 0 radical (unpaired) electrons. The van der Waals surface area contributed by atoms with Crippen LogP contribution in [0.1, 0.15) is 101 Å². The van der Waals surface area contributed by atoms with E-state index in [-0.39, 0.29) is 18.8 Å². The highest BCUT2D eigenvalue weighted by molar-refractivity contribution is 5.97. The number of carboxylic acid groups (broad SMARTS) is 1. The Morgan fingerprint density at radius 1 is 0.529 bits per heavy atom. The minimum Gasteiger partial charge on any atom is -0.480 e. The van der Waals surface area contributed by atoms with Gasteiger partial charge >= 0.3 is 5.97 Å². The second-order valence-corrected chi connectivity index (χ2v) is 18.0. The van der Waals surface area contributed by atoms with Crippen LogP contribution >= 0.6 is 0 Å². The van der Waals surface area contributed by atoms with Crippen LogP contribution < -0.4 is 53.6 Å². The molecule has 0 unspecified atom stereocenters. The predicted molar refractivity (Wildman–Crippen MR) is 252 cm³/mol. The van der Waals surface area contributed by atoms with Crippen LogP contribution in [0.4, 0.5) is 0 Å². The number of rotatable bonds is 29. The monoisotopic (exact) mass is 961 g/mol. The zero-order valence-electron chi connectivity index (χ0n) is 41.2. The molecule has 0 aromatic heterocycles. The fourth-order valence-corrected chi connectivity index (χ4v) is 6.58. The Bertz CT molecular complexity index is 1880. The van der Waals surface area contributed by atoms with Crippen LogP contribution in [-0.4, -0.2) is 137 Å². The van der Waals surface area contributed by atoms with Gasteiger partial charge in [-0.3, -0.25) is 43.2 Å². The van der Waals surface area contributed by atoms with Crippen molar-refractivity contribution in [2.75, 3.05) is 13.1 Å². The third-order valence-corrected chi connectivity index (χ3v) is 11.2. The normalized spacial score (nSPS) is 16.0. The van der Waals surface area contributed by atoms with Crippen LogP contribution in [0.3, 0.4) is 0 Å². The van der Waals surface area contributed by atoms with Gasteiger partial charge in [0.2, 0.25) is 53.2 Å². The molecule has 0 heterocycles. The number of aliphatic carboxylic acids is 1. The van der Waals surface area contributed by atoms with E-state index in [2.05, 4.69) is 47.9 Å². The number of nitrogens with one attached hydrogen (secondary N) is 9. The molecular weight excluding hydrogens is 885 g/mol. The van der Waals surface area contributed by atoms with Crippen LogP contribution in [-0.2, 0) is 54.4 Å². The van der Waals surface area contributed by atoms with E-state index in [0.717, 1.165) is 5.56 Å². The minimum atomic E-state index is -1.57. The Morgan fingerprint density at radius 2 is 0.985 bits per heavy atom. The molecule has 0 aliphatic heterocycles. The SMILES string of the molecule is CC[C@H](C)[C@H](NC(=O)CNC(=O)[C@H](C)NC(=O)[C@H](C)NC(=O)[C@@H](N)Cc1ccccc1)C(=O)NCC(=O)N[C@H](C(=O)N[C@@H](CC(C)C)C(=O)N[C@H](C(=O)N[C@H](C(=O)O)C(C)C)[C@@H](C)O)[C@@H](C)CC. The van der Waals surface area contributed by atoms with E-state index in [1.165, 1.54) is 20.8 Å². The molecule has 68 heavy (non-hydrogen) atoms. The summed E-state index contributed by atoms with van der Waals surface area (Å²) in [6, 6.07) is -0.443. The number of benzene rings is 1. The van der Waals surface area contributed by atoms with E-state index in [1.54, 1.807) is 55.4 Å². The summed E-state index contributed by atoms with van der Waals surface area (Å²) in [5.74, 6) is -9.62. The van der Waals surface area contributed by atoms with Gasteiger partial charge in [-0.05, 0) is 62.8 Å². The van der Waals surface area contributed by atoms with E-state index >= 15 is 0 Å². The Hall–Kier alpha value is -6.16. The van der Waals surface area contributed by atoms with Gasteiger partial charge in [0.05, 0.1) is 25.2 Å². The summed E-state index contributed by atoms with van der Waals surface area (Å²) in [4.78, 5) is 130. The molecule has 0 saturated carbocycles. The van der Waals surface area contributed by atoms with Gasteiger partial charge in [-0.15, -0.1) is 0 Å². The number of hydrogen-bond donors (Lipinski definition) is 12. The average Bonchev–Trinajstić information content (AvgIpc) is 3.27. The van der Waals surface area contributed by atoms with Crippen molar-refractivity contribution < 1.29 is 58.2 Å². The largest absolute Gasteiger partial charge is 0.480 e. The first-order valence-electron chi connectivity index (χ1n) is 23.1. The quantitative estimate of drug-likeness (QED) is 0.0435. The number of amides is 9. The fourth-order valence-electron chi connectivity index (χ4n) is 6.58. The van der Waals surface area contributed by atoms with Crippen molar-refractivity contribution in [3.63, 3.8) is 0 Å². The highest BCUT2D eigenvalue weighted by Gasteiger charge is 2.36. The second-order valence-electron chi connectivity index (χ2n) is 18.0. The first-order valence-corrected chi connectivity index (χ1v) is 23.1. The summed E-state index contributed by atoms with van der Waals surface area (Å²) < 4.78 is 0. The van der Waals surface area contributed by atoms with Crippen LogP contribution in [0.15, 0.2) is 30.3 Å². The first kappa shape index (κ1) is 59.9. The molecule has 1 rings (SSSR count). The highest BCUT2D eigenvalue weighted by atomic mass is 16.4. The molecular formula is C46H76N10O12. The number of hydrogen-bond acceptors (Lipinski definition) is 12. The molecule has 9 amide bonds. The van der Waals surface area contributed by atoms with Gasteiger partial charge in [-0.1, -0.05) is 98.6 Å². The van der Waals surface area contributed by atoms with E-state index in [1.807, 2.05) is 30.3 Å². The van der Waals surface area contributed by atoms with E-state index in [9.17, 15) is 58.2 Å². The zero-order chi connectivity index (χ0) is 52.0. The molecule has 1 aromatic carbocycles. The summed E-state index contributed by atoms with van der Waals surface area (Å²) in [7, 11) is 0. The number of carbonyl (C=O) groups excluding carboxylic acids is 9. The lowest BCUT2D eigenvalue weighted by Gasteiger charge is -2.29. The fraction of sp³-hybridized carbons (Fsp3) is 0.652. The number of carboxylic acids is 1. The van der Waals surface area contributed by atoms with Gasteiger partial charge in [-0.2, -0.15) is 0 Å². The zero-order valence-corrected chi connectivity index (χ0v) is 41.2. The standard InChI is InChI=1S/C46H76N10O12/c1-12-25(7)36(53-33(58)21-48-39(60)27(9)50-40(61)28(10)51-41(62)31(47)20-30-17-15-14-16-18-30)43(64)49-22-34(59)54-37(26(8)13-2)44(65)52-32(19-23(3)4)42(63)56-38(29(11)57)45(66)55-35(24(5)6)46(67)68/h14-18,23-29,31-32,35-38,57H,12-13,19-22,47H2,1-11H3,(H,48,60)(H,49,64)(H,50,61)(H,51,62)(H,52,65)(H,53,58)(H,54,59)(H,55,66)(H,56,63)(H,67,68)/t25-,26-,27-,28-,29+,31-,32-,35-,36-,37-,38-/m0/s1. The van der Waals surface area contributed by atoms with Crippen LogP contribution in [0, 0.1) is 23.7 Å². The highest BCUT2D eigenvalue weighted by Crippen LogP contribution is 2.13. The third-order valence-electron chi connectivity index (χ3n) is 11.2. The Morgan fingerprint density at radius 3 is 1.46 bits per heavy atom. The summed E-state index contributed by atoms with van der Waals surface area (Å²) in [6.45, 7) is 16.5. The second kappa shape index (κ2) is 29.6. The molecule has 13 N–H and O–H groups in total. The van der Waals surface area contributed by atoms with Crippen molar-refractivity contribution in [2.45, 2.75) is 156 Å². The molecule has 22 heteroatoms. The van der Waals surface area contributed by atoms with Crippen LogP contribution in [0.2, 0.25) is 0 Å². The molecule has 11 atom stereocenters. The van der Waals surface area contributed by atoms with Crippen molar-refractivity contribution in [1.82, 2.24) is 47.9 Å². The van der Waals surface area contributed by atoms with E-state index in [4.69, 9.17) is 5.73 Å². The lowest BCUT2D eigenvalue weighted by Crippen LogP contribution is -2.61. The maximum absolute atomic E-state index is 13.8. The predicted octanol–water partition coefficient (Wildman–Crippen LogP) is -1.52. The Balaban J connectivity index is 2.90. The number of aliphatic hydroxyl groups is 1. The van der Waals surface area contributed by atoms with Gasteiger partial charge in [0.15, 0.2) is 0 Å². The molecule has 0 aliphatic rings. The van der Waals surface area contributed by atoms with Gasteiger partial charge < -0.3 is 63.8 Å². The Kier molecular flexibility index (Phi) is 26.0. The first-order chi connectivity index (χ1) is 31.7. The molecule has 0 saturated heterocycles. The molecule has 0 fully saturated rings. The minimum absolute atomic E-state index is 0.0843. The molecule has 0 aliphatic carbocycles. The third kappa shape index (κ3) is 20.8. The summed E-state index contributed by atoms with van der Waals surface area (Å²) in [6.07, 6.45) is -0.280. The number of nitrogens with two attached hydrogens (primary N) is 1. The van der Waals surface area contributed by atoms with E-state index in [0.29, 0.717) is 12.8 Å². The summed E-state index contributed by atoms with van der Waals surface area (Å²) >= 11 is 0. The molecule has 0 spiro atoms. The van der Waals surface area contributed by atoms with Crippen molar-refractivity contribution >= 4 is 59.1 Å². The maximum atomic E-state index is 13.8. The molecule has 22 nitrogen and oxygen atoms in total. The van der Waals surface area contributed by atoms with Crippen molar-refractivity contribution in [3.8, 4) is 0 Å². The lowest BCUT2D eigenvalue weighted by atomic mass is 9.96. The topological polar surface area (TPSA) is 345 Å². The number of carbonyl (C=O) groups is 10. The van der Waals surface area contributed by atoms with Crippen molar-refractivity contribution in [3.05, 3.63) is 35.9 Å². The van der Waals surface area contributed by atoms with Crippen molar-refractivity contribution in [1.29, 1.82) is 0 Å². The molecule has 1 aromatic rings. The summed E-state index contributed by atoms with van der Waals surface area (Å²) in [5.41, 5.74) is 6.84. The average molecular weight is 961 g/mol. The molecule has 0 bridgehead atoms. The van der Waals surface area contributed by atoms with Crippen molar-refractivity contribution in [2.24, 2.45) is 29.4 Å². The van der Waals surface area contributed by atoms with Gasteiger partial charge in [0.1, 0.15) is 42.3 Å². The lowest BCUT2D eigenvalue weighted by molar-refractivity contribution is -0.144. The van der Waals surface area contributed by atoms with Gasteiger partial charge in [-0.25, -0.2) is 4.79 Å². The molecule has 382 valence electrons. The van der Waals surface area contributed by atoms with Gasteiger partial charge in [0.25, 0.3) is 0 Å². The smallest absolute Gasteiger partial charge is 0.326 e. The Labute approximate surface area is 399 Å². The van der Waals surface area contributed by atoms with Crippen LogP contribution in [0.5, 0.6) is 0 Å². The van der Waals surface area contributed by atoms with E-state index < -0.39 is 144 Å². The summed E-state index contributed by atoms with van der Waals surface area (Å²) in [5, 5.41) is 42.3. The van der Waals surface area contributed by atoms with Crippen LogP contribution in [0.25, 0.3) is 0 Å². The van der Waals surface area contributed by atoms with Gasteiger partial charge in [0, 0.05) is 0 Å². The number of aliphatic hydroxyl groups excluding tert-OH is 1. The maximum Gasteiger partial charge on any atom is 0.326 e.